The van der Waals surface area contributed by atoms with E-state index in [9.17, 15) is 18.0 Å². The summed E-state index contributed by atoms with van der Waals surface area (Å²) in [7, 11) is 0. The molecular formula is C26H20BrF3N4OS. The van der Waals surface area contributed by atoms with Gasteiger partial charge in [0.15, 0.2) is 5.11 Å². The van der Waals surface area contributed by atoms with E-state index in [0.29, 0.717) is 0 Å². The van der Waals surface area contributed by atoms with E-state index < -0.39 is 17.6 Å². The van der Waals surface area contributed by atoms with Gasteiger partial charge in [-0.1, -0.05) is 52.3 Å². The van der Waals surface area contributed by atoms with Crippen LogP contribution < -0.4 is 16.0 Å². The van der Waals surface area contributed by atoms with Gasteiger partial charge in [-0.2, -0.15) is 13.2 Å². The molecule has 1 heterocycles. The van der Waals surface area contributed by atoms with Crippen molar-refractivity contribution in [3.63, 3.8) is 0 Å². The highest BCUT2D eigenvalue weighted by molar-refractivity contribution is 9.10. The summed E-state index contributed by atoms with van der Waals surface area (Å²) in [5.74, 6) is -0.743. The van der Waals surface area contributed by atoms with Crippen molar-refractivity contribution >= 4 is 61.3 Å². The van der Waals surface area contributed by atoms with Gasteiger partial charge in [0.05, 0.1) is 17.3 Å². The molecule has 0 radical (unpaired) electrons. The van der Waals surface area contributed by atoms with E-state index >= 15 is 0 Å². The lowest BCUT2D eigenvalue weighted by Crippen LogP contribution is -2.31. The minimum atomic E-state index is -4.71. The second-order valence-corrected chi connectivity index (χ2v) is 9.32. The molecule has 4 rings (SSSR count). The number of carbonyl (C=O) groups excluding carboxylic acids is 1. The van der Waals surface area contributed by atoms with Crippen LogP contribution in [0.5, 0.6) is 0 Å². The third-order valence-electron chi connectivity index (χ3n) is 5.41. The number of rotatable bonds is 5. The van der Waals surface area contributed by atoms with Crippen LogP contribution in [-0.4, -0.2) is 16.0 Å². The summed E-state index contributed by atoms with van der Waals surface area (Å²) in [5.41, 5.74) is -0.291. The molecule has 0 bridgehead atoms. The summed E-state index contributed by atoms with van der Waals surface area (Å²) in [6.07, 6.45) is -3.21. The van der Waals surface area contributed by atoms with E-state index in [-0.39, 0.29) is 28.2 Å². The molecule has 0 saturated heterocycles. The summed E-state index contributed by atoms with van der Waals surface area (Å²) >= 11 is 8.66. The normalized spacial score (nSPS) is 12.1. The van der Waals surface area contributed by atoms with E-state index in [1.807, 2.05) is 43.3 Å². The lowest BCUT2D eigenvalue weighted by Gasteiger charge is -2.19. The molecule has 184 valence electrons. The quantitative estimate of drug-likeness (QED) is 0.219. The summed E-state index contributed by atoms with van der Waals surface area (Å²) < 4.78 is 42.5. The molecular weight excluding hydrogens is 553 g/mol. The maximum absolute atomic E-state index is 13.8. The fourth-order valence-corrected chi connectivity index (χ4v) is 4.12. The lowest BCUT2D eigenvalue weighted by molar-refractivity contribution is -0.136. The van der Waals surface area contributed by atoms with Crippen LogP contribution in [0.4, 0.5) is 24.5 Å². The van der Waals surface area contributed by atoms with Crippen LogP contribution in [0, 0.1) is 0 Å². The average Bonchev–Trinajstić information content (AvgIpc) is 2.84. The Balaban J connectivity index is 1.50. The van der Waals surface area contributed by atoms with E-state index in [4.69, 9.17) is 12.2 Å². The van der Waals surface area contributed by atoms with Gasteiger partial charge in [0.1, 0.15) is 5.69 Å². The zero-order valence-corrected chi connectivity index (χ0v) is 21.3. The number of hydrogen-bond donors (Lipinski definition) is 3. The first-order valence-electron chi connectivity index (χ1n) is 10.8. The molecule has 0 saturated carbocycles. The maximum atomic E-state index is 13.8. The third-order valence-corrected chi connectivity index (χ3v) is 6.16. The van der Waals surface area contributed by atoms with Gasteiger partial charge >= 0.3 is 6.18 Å². The number of halogens is 4. The molecule has 1 atom stereocenters. The van der Waals surface area contributed by atoms with Crippen molar-refractivity contribution < 1.29 is 18.0 Å². The summed E-state index contributed by atoms with van der Waals surface area (Å²) in [6.45, 7) is 1.89. The fraction of sp³-hybridized carbons (Fsp3) is 0.115. The molecule has 10 heteroatoms. The number of amides is 1. The van der Waals surface area contributed by atoms with E-state index in [1.54, 1.807) is 12.1 Å². The molecule has 1 aromatic heterocycles. The number of thiocarbonyl (C=S) groups is 1. The smallest absolute Gasteiger partial charge is 0.356 e. The van der Waals surface area contributed by atoms with Crippen LogP contribution in [0.2, 0.25) is 0 Å². The summed E-state index contributed by atoms with van der Waals surface area (Å²) in [6, 6.07) is 19.7. The number of benzene rings is 3. The van der Waals surface area contributed by atoms with Gasteiger partial charge < -0.3 is 16.0 Å². The van der Waals surface area contributed by atoms with Crippen LogP contribution in [0.3, 0.4) is 0 Å². The predicted molar refractivity (Wildman–Crippen MR) is 143 cm³/mol. The number of fused-ring (bicyclic) bond motifs is 1. The van der Waals surface area contributed by atoms with Gasteiger partial charge in [0, 0.05) is 21.7 Å². The molecule has 3 aromatic carbocycles. The maximum Gasteiger partial charge on any atom is 0.418 e. The largest absolute Gasteiger partial charge is 0.418 e. The van der Waals surface area contributed by atoms with Crippen molar-refractivity contribution in [2.24, 2.45) is 0 Å². The van der Waals surface area contributed by atoms with Crippen LogP contribution in [-0.2, 0) is 6.18 Å². The number of alkyl halides is 3. The minimum absolute atomic E-state index is 0.0105. The zero-order chi connectivity index (χ0) is 25.9. The van der Waals surface area contributed by atoms with Gasteiger partial charge in [-0.25, -0.2) is 0 Å². The topological polar surface area (TPSA) is 66.0 Å². The van der Waals surface area contributed by atoms with Crippen molar-refractivity contribution in [3.05, 3.63) is 100 Å². The molecule has 4 aromatic rings. The zero-order valence-electron chi connectivity index (χ0n) is 18.9. The van der Waals surface area contributed by atoms with Crippen LogP contribution >= 0.6 is 28.1 Å². The van der Waals surface area contributed by atoms with Crippen molar-refractivity contribution in [1.82, 2.24) is 10.3 Å². The fourth-order valence-electron chi connectivity index (χ4n) is 3.56. The van der Waals surface area contributed by atoms with Crippen molar-refractivity contribution in [2.75, 3.05) is 10.6 Å². The van der Waals surface area contributed by atoms with Gasteiger partial charge in [-0.05, 0) is 66.5 Å². The Labute approximate surface area is 219 Å². The Morgan fingerprint density at radius 1 is 0.972 bits per heavy atom. The molecule has 1 unspecified atom stereocenters. The van der Waals surface area contributed by atoms with Gasteiger partial charge in [-0.3, -0.25) is 9.78 Å². The van der Waals surface area contributed by atoms with E-state index in [2.05, 4.69) is 36.9 Å². The molecule has 0 aliphatic heterocycles. The summed E-state index contributed by atoms with van der Waals surface area (Å²) in [5, 5.41) is 9.91. The van der Waals surface area contributed by atoms with Crippen LogP contribution in [0.25, 0.3) is 10.8 Å². The van der Waals surface area contributed by atoms with Gasteiger partial charge in [-0.15, -0.1) is 0 Å². The summed E-state index contributed by atoms with van der Waals surface area (Å²) in [4.78, 5) is 16.8. The standard InChI is InChI=1S/C26H20BrF3N4OS/c1-15(16-6-8-19(27)9-7-16)32-25(36)33-20-10-11-22(21(13-20)26(28,29)30)34-24(35)23-12-17-4-2-3-5-18(17)14-31-23/h2-15H,1H3,(H,34,35)(H2,32,33,36). The highest BCUT2D eigenvalue weighted by Crippen LogP contribution is 2.37. The number of aromatic nitrogens is 1. The number of pyridine rings is 1. The minimum Gasteiger partial charge on any atom is -0.356 e. The third kappa shape index (κ3) is 6.19. The Morgan fingerprint density at radius 2 is 1.67 bits per heavy atom. The van der Waals surface area contributed by atoms with Crippen LogP contribution in [0.1, 0.15) is 34.6 Å². The molecule has 3 N–H and O–H groups in total. The van der Waals surface area contributed by atoms with Crippen LogP contribution in [0.15, 0.2) is 83.5 Å². The van der Waals surface area contributed by atoms with Crippen molar-refractivity contribution in [1.29, 1.82) is 0 Å². The number of nitrogens with one attached hydrogen (secondary N) is 3. The Hall–Kier alpha value is -3.50. The Kier molecular flexibility index (Phi) is 7.56. The molecule has 0 aliphatic carbocycles. The van der Waals surface area contributed by atoms with Crippen molar-refractivity contribution in [3.8, 4) is 0 Å². The predicted octanol–water partition coefficient (Wildman–Crippen LogP) is 7.32. The SMILES string of the molecule is CC(NC(=S)Nc1ccc(NC(=O)c2cc3ccccc3cn2)c(C(F)(F)F)c1)c1ccc(Br)cc1. The average molecular weight is 573 g/mol. The van der Waals surface area contributed by atoms with E-state index in [1.165, 1.54) is 24.4 Å². The number of carbonyl (C=O) groups is 1. The molecule has 1 amide bonds. The number of nitrogens with zero attached hydrogens (tertiary/aromatic N) is 1. The first kappa shape index (κ1) is 25.6. The second-order valence-electron chi connectivity index (χ2n) is 8.00. The Bertz CT molecular complexity index is 1430. The van der Waals surface area contributed by atoms with Gasteiger partial charge in [0.25, 0.3) is 5.91 Å². The molecule has 0 spiro atoms. The first-order valence-corrected chi connectivity index (χ1v) is 12.0. The lowest BCUT2D eigenvalue weighted by atomic mass is 10.1. The van der Waals surface area contributed by atoms with Gasteiger partial charge in [0.2, 0.25) is 0 Å². The first-order chi connectivity index (χ1) is 17.1. The molecule has 0 aliphatic rings. The monoisotopic (exact) mass is 572 g/mol. The number of hydrogen-bond acceptors (Lipinski definition) is 3. The number of anilines is 2. The van der Waals surface area contributed by atoms with E-state index in [0.717, 1.165) is 26.9 Å². The second kappa shape index (κ2) is 10.6. The highest BCUT2D eigenvalue weighted by atomic mass is 79.9. The molecule has 36 heavy (non-hydrogen) atoms. The molecule has 5 nitrogen and oxygen atoms in total. The highest BCUT2D eigenvalue weighted by Gasteiger charge is 2.34. The molecule has 0 fully saturated rings. The van der Waals surface area contributed by atoms with Crippen molar-refractivity contribution in [2.45, 2.75) is 19.1 Å². The Morgan fingerprint density at radius 3 is 2.36 bits per heavy atom.